The topological polar surface area (TPSA) is 68.2 Å². The minimum atomic E-state index is 0.349. The summed E-state index contributed by atoms with van der Waals surface area (Å²) < 4.78 is 5.18. The molecule has 0 saturated carbocycles. The fraction of sp³-hybridized carbons (Fsp3) is 0.818. The Labute approximate surface area is 96.0 Å². The summed E-state index contributed by atoms with van der Waals surface area (Å²) in [6.07, 6.45) is 3.34. The molecule has 0 bridgehead atoms. The second-order valence-electron chi connectivity index (χ2n) is 4.64. The Morgan fingerprint density at radius 1 is 1.56 bits per heavy atom. The first kappa shape index (κ1) is 11.5. The van der Waals surface area contributed by atoms with Crippen molar-refractivity contribution in [2.24, 2.45) is 5.73 Å². The van der Waals surface area contributed by atoms with Crippen LogP contribution in [0.5, 0.6) is 0 Å². The fourth-order valence-electron chi connectivity index (χ4n) is 2.41. The molecule has 1 aliphatic rings. The third kappa shape index (κ3) is 2.41. The standard InChI is InChI=1S/C11H20N4O/c1-8(2)15-5-3-4-9(15)6-11-13-10(7-12)14-16-11/h8-9H,3-7,12H2,1-2H3. The maximum absolute atomic E-state index is 5.45. The first-order valence-corrected chi connectivity index (χ1v) is 5.98. The molecule has 0 radical (unpaired) electrons. The van der Waals surface area contributed by atoms with Crippen molar-refractivity contribution in [3.63, 3.8) is 0 Å². The van der Waals surface area contributed by atoms with Gasteiger partial charge in [0.25, 0.3) is 0 Å². The van der Waals surface area contributed by atoms with Crippen LogP contribution in [0, 0.1) is 0 Å². The fourth-order valence-corrected chi connectivity index (χ4v) is 2.41. The van der Waals surface area contributed by atoms with E-state index in [1.54, 1.807) is 0 Å². The predicted molar refractivity (Wildman–Crippen MR) is 60.8 cm³/mol. The number of likely N-dealkylation sites (tertiary alicyclic amines) is 1. The Bertz CT molecular complexity index is 336. The summed E-state index contributed by atoms with van der Waals surface area (Å²) in [6.45, 7) is 6.00. The molecule has 2 N–H and O–H groups in total. The number of nitrogens with two attached hydrogens (primary N) is 1. The summed E-state index contributed by atoms with van der Waals surface area (Å²) in [5.74, 6) is 1.32. The van der Waals surface area contributed by atoms with E-state index < -0.39 is 0 Å². The largest absolute Gasteiger partial charge is 0.339 e. The summed E-state index contributed by atoms with van der Waals surface area (Å²) in [6, 6.07) is 1.13. The van der Waals surface area contributed by atoms with Crippen molar-refractivity contribution in [3.05, 3.63) is 11.7 Å². The second-order valence-corrected chi connectivity index (χ2v) is 4.64. The van der Waals surface area contributed by atoms with Crippen LogP contribution in [0.15, 0.2) is 4.52 Å². The van der Waals surface area contributed by atoms with E-state index in [2.05, 4.69) is 28.9 Å². The predicted octanol–water partition coefficient (Wildman–Crippen LogP) is 0.944. The highest BCUT2D eigenvalue weighted by Gasteiger charge is 2.28. The number of hydrogen-bond donors (Lipinski definition) is 1. The zero-order valence-corrected chi connectivity index (χ0v) is 10.0. The summed E-state index contributed by atoms with van der Waals surface area (Å²) in [7, 11) is 0. The Morgan fingerprint density at radius 2 is 2.38 bits per heavy atom. The lowest BCUT2D eigenvalue weighted by atomic mass is 10.1. The van der Waals surface area contributed by atoms with Crippen molar-refractivity contribution in [2.45, 2.75) is 51.7 Å². The van der Waals surface area contributed by atoms with E-state index in [0.717, 1.165) is 12.3 Å². The molecule has 1 unspecified atom stereocenters. The Balaban J connectivity index is 1.98. The van der Waals surface area contributed by atoms with Gasteiger partial charge in [0.15, 0.2) is 5.82 Å². The molecule has 5 heteroatoms. The second kappa shape index (κ2) is 4.93. The third-order valence-electron chi connectivity index (χ3n) is 3.19. The monoisotopic (exact) mass is 224 g/mol. The minimum Gasteiger partial charge on any atom is -0.339 e. The lowest BCUT2D eigenvalue weighted by molar-refractivity contribution is 0.192. The van der Waals surface area contributed by atoms with Crippen LogP contribution < -0.4 is 5.73 Å². The van der Waals surface area contributed by atoms with Crippen LogP contribution in [0.4, 0.5) is 0 Å². The van der Waals surface area contributed by atoms with Crippen LogP contribution in [0.25, 0.3) is 0 Å². The maximum Gasteiger partial charge on any atom is 0.228 e. The van der Waals surface area contributed by atoms with Crippen LogP contribution in [0.1, 0.15) is 38.4 Å². The van der Waals surface area contributed by atoms with E-state index in [4.69, 9.17) is 10.3 Å². The van der Waals surface area contributed by atoms with Gasteiger partial charge >= 0.3 is 0 Å². The van der Waals surface area contributed by atoms with Crippen molar-refractivity contribution >= 4 is 0 Å². The number of rotatable bonds is 4. The molecule has 2 heterocycles. The number of hydrogen-bond acceptors (Lipinski definition) is 5. The highest BCUT2D eigenvalue weighted by atomic mass is 16.5. The van der Waals surface area contributed by atoms with Crippen molar-refractivity contribution < 1.29 is 4.52 Å². The van der Waals surface area contributed by atoms with Gasteiger partial charge < -0.3 is 10.3 Å². The van der Waals surface area contributed by atoms with Gasteiger partial charge in [-0.2, -0.15) is 4.98 Å². The summed E-state index contributed by atoms with van der Waals surface area (Å²) in [5, 5.41) is 3.82. The molecule has 1 saturated heterocycles. The van der Waals surface area contributed by atoms with Gasteiger partial charge in [0.05, 0.1) is 6.54 Å². The molecule has 0 spiro atoms. The van der Waals surface area contributed by atoms with E-state index >= 15 is 0 Å². The van der Waals surface area contributed by atoms with E-state index in [9.17, 15) is 0 Å². The summed E-state index contributed by atoms with van der Waals surface area (Å²) in [4.78, 5) is 6.76. The molecule has 90 valence electrons. The molecular formula is C11H20N4O. The van der Waals surface area contributed by atoms with Crippen molar-refractivity contribution in [3.8, 4) is 0 Å². The molecule has 1 aliphatic heterocycles. The smallest absolute Gasteiger partial charge is 0.228 e. The van der Waals surface area contributed by atoms with Gasteiger partial charge in [-0.1, -0.05) is 5.16 Å². The van der Waals surface area contributed by atoms with Crippen LogP contribution in [0.3, 0.4) is 0 Å². The molecule has 16 heavy (non-hydrogen) atoms. The SMILES string of the molecule is CC(C)N1CCCC1Cc1nc(CN)no1. The Morgan fingerprint density at radius 3 is 3.00 bits per heavy atom. The molecule has 0 amide bonds. The highest BCUT2D eigenvalue weighted by molar-refractivity contribution is 4.92. The summed E-state index contributed by atoms with van der Waals surface area (Å²) in [5.41, 5.74) is 5.45. The van der Waals surface area contributed by atoms with E-state index in [0.29, 0.717) is 24.5 Å². The first-order chi connectivity index (χ1) is 7.70. The van der Waals surface area contributed by atoms with Gasteiger partial charge in [-0.15, -0.1) is 0 Å². The molecule has 1 fully saturated rings. The maximum atomic E-state index is 5.45. The molecule has 0 aromatic carbocycles. The van der Waals surface area contributed by atoms with Gasteiger partial charge in [-0.05, 0) is 33.2 Å². The molecule has 0 aliphatic carbocycles. The van der Waals surface area contributed by atoms with Gasteiger partial charge in [0.1, 0.15) is 0 Å². The summed E-state index contributed by atoms with van der Waals surface area (Å²) >= 11 is 0. The van der Waals surface area contributed by atoms with E-state index in [1.807, 2.05) is 0 Å². The normalized spacial score (nSPS) is 22.1. The van der Waals surface area contributed by atoms with Gasteiger partial charge in [0.2, 0.25) is 5.89 Å². The van der Waals surface area contributed by atoms with Crippen LogP contribution in [-0.4, -0.2) is 33.7 Å². The Hall–Kier alpha value is -0.940. The number of aromatic nitrogens is 2. The average Bonchev–Trinajstić information content (AvgIpc) is 2.87. The van der Waals surface area contributed by atoms with E-state index in [1.165, 1.54) is 19.4 Å². The number of nitrogens with zero attached hydrogens (tertiary/aromatic N) is 3. The zero-order valence-electron chi connectivity index (χ0n) is 10.0. The molecule has 1 aromatic heterocycles. The lowest BCUT2D eigenvalue weighted by Crippen LogP contribution is -2.36. The van der Waals surface area contributed by atoms with Crippen molar-refractivity contribution in [1.82, 2.24) is 15.0 Å². The lowest BCUT2D eigenvalue weighted by Gasteiger charge is -2.27. The quantitative estimate of drug-likeness (QED) is 0.824. The Kier molecular flexibility index (Phi) is 3.56. The van der Waals surface area contributed by atoms with Crippen molar-refractivity contribution in [2.75, 3.05) is 6.54 Å². The molecule has 1 aromatic rings. The minimum absolute atomic E-state index is 0.349. The first-order valence-electron chi connectivity index (χ1n) is 5.98. The van der Waals surface area contributed by atoms with Crippen LogP contribution in [-0.2, 0) is 13.0 Å². The van der Waals surface area contributed by atoms with Gasteiger partial charge in [-0.25, -0.2) is 0 Å². The van der Waals surface area contributed by atoms with E-state index in [-0.39, 0.29) is 0 Å². The molecule has 1 atom stereocenters. The van der Waals surface area contributed by atoms with Crippen LogP contribution in [0.2, 0.25) is 0 Å². The van der Waals surface area contributed by atoms with Gasteiger partial charge in [-0.3, -0.25) is 4.90 Å². The third-order valence-corrected chi connectivity index (χ3v) is 3.19. The molecule has 5 nitrogen and oxygen atoms in total. The molecule has 2 rings (SSSR count). The van der Waals surface area contributed by atoms with Crippen LogP contribution >= 0.6 is 0 Å². The average molecular weight is 224 g/mol. The van der Waals surface area contributed by atoms with Gasteiger partial charge in [0, 0.05) is 18.5 Å². The van der Waals surface area contributed by atoms with Crippen molar-refractivity contribution in [1.29, 1.82) is 0 Å². The highest BCUT2D eigenvalue weighted by Crippen LogP contribution is 2.22. The molecular weight excluding hydrogens is 204 g/mol. The zero-order chi connectivity index (χ0) is 11.5.